The molecule has 0 unspecified atom stereocenters. The van der Waals surface area contributed by atoms with Gasteiger partial charge in [-0.3, -0.25) is 0 Å². The van der Waals surface area contributed by atoms with Crippen molar-refractivity contribution in [2.24, 2.45) is 5.73 Å². The van der Waals surface area contributed by atoms with Crippen LogP contribution in [0.5, 0.6) is 11.5 Å². The summed E-state index contributed by atoms with van der Waals surface area (Å²) in [7, 11) is 0. The fourth-order valence-corrected chi connectivity index (χ4v) is 2.55. The maximum Gasteiger partial charge on any atom is 0.573 e. The second kappa shape index (κ2) is 6.70. The van der Waals surface area contributed by atoms with Crippen LogP contribution in [0.2, 0.25) is 0 Å². The number of carbonyl (C=O) groups is 1. The molecule has 0 aliphatic heterocycles. The summed E-state index contributed by atoms with van der Waals surface area (Å²) in [5.74, 6) is -2.26. The lowest BCUT2D eigenvalue weighted by Crippen LogP contribution is -2.17. The van der Waals surface area contributed by atoms with E-state index in [1.807, 2.05) is 0 Å². The highest BCUT2D eigenvalue weighted by Crippen LogP contribution is 2.34. The molecule has 0 aliphatic rings. The Morgan fingerprint density at radius 1 is 1.21 bits per heavy atom. The average molecular weight is 406 g/mol. The van der Waals surface area contributed by atoms with E-state index in [2.05, 4.69) is 20.7 Å². The molecule has 0 saturated carbocycles. The summed E-state index contributed by atoms with van der Waals surface area (Å²) in [6.07, 6.45) is -4.80. The minimum absolute atomic E-state index is 0.117. The van der Waals surface area contributed by atoms with E-state index in [-0.39, 0.29) is 11.1 Å². The molecule has 0 amide bonds. The third-order valence-corrected chi connectivity index (χ3v) is 3.60. The van der Waals surface area contributed by atoms with E-state index in [0.29, 0.717) is 10.0 Å². The minimum Gasteiger partial charge on any atom is -0.507 e. The van der Waals surface area contributed by atoms with Crippen molar-refractivity contribution >= 4 is 21.9 Å². The van der Waals surface area contributed by atoms with E-state index < -0.39 is 29.9 Å². The van der Waals surface area contributed by atoms with E-state index in [1.54, 1.807) is 0 Å². The lowest BCUT2D eigenvalue weighted by molar-refractivity contribution is -0.274. The number of hydrogen-bond donors (Lipinski definition) is 3. The van der Waals surface area contributed by atoms with E-state index in [4.69, 9.17) is 10.8 Å². The number of halogens is 4. The molecule has 0 bridgehead atoms. The van der Waals surface area contributed by atoms with Gasteiger partial charge in [-0.15, -0.1) is 13.2 Å². The Kier molecular flexibility index (Phi) is 5.05. The summed E-state index contributed by atoms with van der Waals surface area (Å²) >= 11 is 3.13. The Hall–Kier alpha value is -2.26. The second-order valence-electron chi connectivity index (χ2n) is 4.79. The molecule has 0 fully saturated rings. The first-order chi connectivity index (χ1) is 11.1. The van der Waals surface area contributed by atoms with E-state index >= 15 is 0 Å². The number of aromatic carboxylic acids is 1. The molecule has 2 aromatic rings. The zero-order valence-electron chi connectivity index (χ0n) is 11.8. The summed E-state index contributed by atoms with van der Waals surface area (Å²) in [4.78, 5) is 11.1. The number of rotatable bonds is 4. The van der Waals surface area contributed by atoms with Gasteiger partial charge in [-0.25, -0.2) is 4.79 Å². The zero-order valence-corrected chi connectivity index (χ0v) is 13.4. The number of hydrogen-bond acceptors (Lipinski definition) is 4. The highest BCUT2D eigenvalue weighted by atomic mass is 79.9. The maximum absolute atomic E-state index is 12.1. The van der Waals surface area contributed by atoms with Crippen molar-refractivity contribution in [3.8, 4) is 11.5 Å². The van der Waals surface area contributed by atoms with Gasteiger partial charge >= 0.3 is 12.3 Å². The molecular formula is C15H11BrF3NO4. The monoisotopic (exact) mass is 405 g/mol. The zero-order chi connectivity index (χ0) is 18.1. The fourth-order valence-electron chi connectivity index (χ4n) is 2.08. The average Bonchev–Trinajstić information content (AvgIpc) is 2.47. The standard InChI is InChI=1S/C15H11BrF3NO4/c16-8-5-10(13(21)11(6-8)14(22)23)12(20)7-1-3-9(4-2-7)24-15(17,18)19/h1-6,12,21H,20H2,(H,22,23)/t12-/m0/s1. The molecule has 0 heterocycles. The van der Waals surface area contributed by atoms with Crippen LogP contribution >= 0.6 is 15.9 Å². The summed E-state index contributed by atoms with van der Waals surface area (Å²) in [6.45, 7) is 0. The first-order valence-electron chi connectivity index (χ1n) is 6.45. The lowest BCUT2D eigenvalue weighted by Gasteiger charge is -2.17. The number of phenols is 1. The SMILES string of the molecule is N[C@@H](c1ccc(OC(F)(F)F)cc1)c1cc(Br)cc(C(=O)O)c1O. The minimum atomic E-state index is -4.80. The molecule has 1 atom stereocenters. The predicted octanol–water partition coefficient (Wildman–Crippen LogP) is 3.80. The molecule has 2 rings (SSSR count). The van der Waals surface area contributed by atoms with Crippen LogP contribution in [-0.2, 0) is 0 Å². The van der Waals surface area contributed by atoms with Crippen molar-refractivity contribution in [1.29, 1.82) is 0 Å². The number of carboxylic acids is 1. The normalized spacial score (nSPS) is 12.7. The number of carboxylic acid groups (broad SMARTS) is 1. The van der Waals surface area contributed by atoms with Crippen molar-refractivity contribution in [2.45, 2.75) is 12.4 Å². The Balaban J connectivity index is 2.35. The van der Waals surface area contributed by atoms with Crippen LogP contribution in [0.4, 0.5) is 13.2 Å². The van der Waals surface area contributed by atoms with Gasteiger partial charge in [0.2, 0.25) is 0 Å². The lowest BCUT2D eigenvalue weighted by atomic mass is 9.96. The molecule has 0 radical (unpaired) electrons. The molecule has 5 nitrogen and oxygen atoms in total. The molecule has 0 aliphatic carbocycles. The van der Waals surface area contributed by atoms with Gasteiger partial charge in [-0.05, 0) is 29.8 Å². The quantitative estimate of drug-likeness (QED) is 0.719. The van der Waals surface area contributed by atoms with E-state index in [9.17, 15) is 23.1 Å². The van der Waals surface area contributed by atoms with Gasteiger partial charge in [0.15, 0.2) is 0 Å². The van der Waals surface area contributed by atoms with E-state index in [1.165, 1.54) is 24.3 Å². The molecule has 0 saturated heterocycles. The van der Waals surface area contributed by atoms with E-state index in [0.717, 1.165) is 12.1 Å². The third-order valence-electron chi connectivity index (χ3n) is 3.14. The van der Waals surface area contributed by atoms with Crippen molar-refractivity contribution in [3.63, 3.8) is 0 Å². The Bertz CT molecular complexity index is 763. The topological polar surface area (TPSA) is 92.8 Å². The molecule has 9 heteroatoms. The molecule has 4 N–H and O–H groups in total. The van der Waals surface area contributed by atoms with Crippen LogP contribution in [0.3, 0.4) is 0 Å². The highest BCUT2D eigenvalue weighted by molar-refractivity contribution is 9.10. The molecule has 2 aromatic carbocycles. The summed E-state index contributed by atoms with van der Waals surface area (Å²) in [5.41, 5.74) is 6.14. The molecular weight excluding hydrogens is 395 g/mol. The number of nitrogens with two attached hydrogens (primary N) is 1. The van der Waals surface area contributed by atoms with Gasteiger partial charge in [0.05, 0.1) is 6.04 Å². The van der Waals surface area contributed by atoms with Crippen molar-refractivity contribution < 1.29 is 32.9 Å². The molecule has 24 heavy (non-hydrogen) atoms. The van der Waals surface area contributed by atoms with Crippen LogP contribution in [0.25, 0.3) is 0 Å². The number of benzene rings is 2. The summed E-state index contributed by atoms with van der Waals surface area (Å²) < 4.78 is 40.6. The Morgan fingerprint density at radius 3 is 2.29 bits per heavy atom. The van der Waals surface area contributed by atoms with Crippen LogP contribution in [-0.4, -0.2) is 22.5 Å². The van der Waals surface area contributed by atoms with Crippen molar-refractivity contribution in [3.05, 3.63) is 57.6 Å². The van der Waals surface area contributed by atoms with Gasteiger partial charge in [0, 0.05) is 10.0 Å². The molecule has 0 spiro atoms. The Morgan fingerprint density at radius 2 is 1.79 bits per heavy atom. The summed E-state index contributed by atoms with van der Waals surface area (Å²) in [6, 6.07) is 6.46. The predicted molar refractivity (Wildman–Crippen MR) is 81.9 cm³/mol. The molecule has 0 aromatic heterocycles. The smallest absolute Gasteiger partial charge is 0.507 e. The Labute approximate surface area is 142 Å². The van der Waals surface area contributed by atoms with Crippen molar-refractivity contribution in [2.75, 3.05) is 0 Å². The largest absolute Gasteiger partial charge is 0.573 e. The third kappa shape index (κ3) is 4.18. The van der Waals surface area contributed by atoms with Crippen molar-refractivity contribution in [1.82, 2.24) is 0 Å². The first-order valence-corrected chi connectivity index (χ1v) is 7.25. The van der Waals surface area contributed by atoms with Gasteiger partial charge < -0.3 is 20.7 Å². The van der Waals surface area contributed by atoms with Gasteiger partial charge in [-0.1, -0.05) is 28.1 Å². The van der Waals surface area contributed by atoms with Crippen LogP contribution in [0.15, 0.2) is 40.9 Å². The number of ether oxygens (including phenoxy) is 1. The van der Waals surface area contributed by atoms with Gasteiger partial charge in [0.25, 0.3) is 0 Å². The fraction of sp³-hybridized carbons (Fsp3) is 0.133. The van der Waals surface area contributed by atoms with Gasteiger partial charge in [0.1, 0.15) is 17.1 Å². The van der Waals surface area contributed by atoms with Gasteiger partial charge in [-0.2, -0.15) is 0 Å². The highest BCUT2D eigenvalue weighted by Gasteiger charge is 2.31. The van der Waals surface area contributed by atoms with Crippen LogP contribution in [0.1, 0.15) is 27.5 Å². The number of alkyl halides is 3. The molecule has 128 valence electrons. The number of aromatic hydroxyl groups is 1. The first kappa shape index (κ1) is 18.1. The summed E-state index contributed by atoms with van der Waals surface area (Å²) in [5, 5.41) is 19.1. The van der Waals surface area contributed by atoms with Crippen LogP contribution < -0.4 is 10.5 Å². The van der Waals surface area contributed by atoms with Crippen LogP contribution in [0, 0.1) is 0 Å². The second-order valence-corrected chi connectivity index (χ2v) is 5.71. The maximum atomic E-state index is 12.1.